The maximum Gasteiger partial charge on any atom is 0.273 e. The predicted octanol–water partition coefficient (Wildman–Crippen LogP) is 0.434. The molecular weight excluding hydrogens is 346 g/mol. The van der Waals surface area contributed by atoms with Gasteiger partial charge < -0.3 is 9.80 Å². The van der Waals surface area contributed by atoms with Gasteiger partial charge in [0, 0.05) is 32.4 Å². The molecule has 1 saturated heterocycles. The van der Waals surface area contributed by atoms with Crippen LogP contribution in [0.2, 0.25) is 0 Å². The molecule has 0 spiro atoms. The van der Waals surface area contributed by atoms with Crippen LogP contribution in [0.5, 0.6) is 0 Å². The summed E-state index contributed by atoms with van der Waals surface area (Å²) in [6.45, 7) is 2.25. The van der Waals surface area contributed by atoms with Gasteiger partial charge in [0.1, 0.15) is 12.4 Å². The molecule has 3 heterocycles. The van der Waals surface area contributed by atoms with E-state index in [2.05, 4.69) is 15.0 Å². The highest BCUT2D eigenvalue weighted by Gasteiger charge is 2.22. The number of carbonyl (C=O) groups excluding carboxylic acids is 1. The summed E-state index contributed by atoms with van der Waals surface area (Å²) in [4.78, 5) is 45.5. The SMILES string of the molecule is O=C(Cn1[nH]c(=O)c2ccccc2c1=O)N1CCN(c2ccccn2)CC1. The van der Waals surface area contributed by atoms with Crippen molar-refractivity contribution in [3.8, 4) is 0 Å². The van der Waals surface area contributed by atoms with Crippen LogP contribution in [-0.4, -0.2) is 51.8 Å². The first kappa shape index (κ1) is 17.0. The molecule has 1 aliphatic rings. The molecule has 0 aliphatic carbocycles. The second kappa shape index (κ2) is 7.06. The van der Waals surface area contributed by atoms with Crippen LogP contribution in [0.25, 0.3) is 10.8 Å². The van der Waals surface area contributed by atoms with Gasteiger partial charge in [0.25, 0.3) is 11.1 Å². The van der Waals surface area contributed by atoms with Crippen LogP contribution in [0.1, 0.15) is 0 Å². The zero-order chi connectivity index (χ0) is 18.8. The Bertz CT molecular complexity index is 1080. The number of benzene rings is 1. The Morgan fingerprint density at radius 2 is 1.67 bits per heavy atom. The van der Waals surface area contributed by atoms with Crippen molar-refractivity contribution >= 4 is 22.5 Å². The highest BCUT2D eigenvalue weighted by molar-refractivity contribution is 5.81. The van der Waals surface area contributed by atoms with E-state index >= 15 is 0 Å². The maximum absolute atomic E-state index is 12.6. The molecule has 1 aromatic carbocycles. The molecule has 138 valence electrons. The summed E-state index contributed by atoms with van der Waals surface area (Å²) in [6, 6.07) is 12.3. The highest BCUT2D eigenvalue weighted by atomic mass is 16.2. The van der Waals surface area contributed by atoms with Crippen LogP contribution in [0.4, 0.5) is 5.82 Å². The number of carbonyl (C=O) groups is 1. The number of pyridine rings is 1. The van der Waals surface area contributed by atoms with Gasteiger partial charge in [-0.25, -0.2) is 9.67 Å². The summed E-state index contributed by atoms with van der Waals surface area (Å²) in [6.07, 6.45) is 1.75. The normalized spacial score (nSPS) is 14.5. The lowest BCUT2D eigenvalue weighted by Crippen LogP contribution is -2.50. The monoisotopic (exact) mass is 365 g/mol. The zero-order valence-electron chi connectivity index (χ0n) is 14.7. The molecule has 0 atom stereocenters. The van der Waals surface area contributed by atoms with E-state index in [9.17, 15) is 14.4 Å². The van der Waals surface area contributed by atoms with E-state index in [1.807, 2.05) is 18.2 Å². The Morgan fingerprint density at radius 1 is 0.963 bits per heavy atom. The minimum Gasteiger partial charge on any atom is -0.353 e. The van der Waals surface area contributed by atoms with Gasteiger partial charge in [-0.3, -0.25) is 19.5 Å². The fraction of sp³-hybridized carbons (Fsp3) is 0.263. The van der Waals surface area contributed by atoms with Gasteiger partial charge in [-0.1, -0.05) is 18.2 Å². The maximum atomic E-state index is 12.6. The van der Waals surface area contributed by atoms with Crippen molar-refractivity contribution in [2.75, 3.05) is 31.1 Å². The number of rotatable bonds is 3. The molecular formula is C19H19N5O3. The van der Waals surface area contributed by atoms with Crippen LogP contribution in [0, 0.1) is 0 Å². The van der Waals surface area contributed by atoms with E-state index < -0.39 is 0 Å². The Balaban J connectivity index is 1.48. The second-order valence-electron chi connectivity index (χ2n) is 6.43. The molecule has 1 aliphatic heterocycles. The van der Waals surface area contributed by atoms with Gasteiger partial charge in [0.2, 0.25) is 5.91 Å². The molecule has 1 amide bonds. The Labute approximate surface area is 154 Å². The van der Waals surface area contributed by atoms with E-state index in [1.54, 1.807) is 35.4 Å². The first-order valence-corrected chi connectivity index (χ1v) is 8.79. The molecule has 8 nitrogen and oxygen atoms in total. The summed E-state index contributed by atoms with van der Waals surface area (Å²) in [5.74, 6) is 0.698. The number of anilines is 1. The van der Waals surface area contributed by atoms with Gasteiger partial charge in [-0.15, -0.1) is 0 Å². The van der Waals surface area contributed by atoms with Crippen LogP contribution in [-0.2, 0) is 11.3 Å². The highest BCUT2D eigenvalue weighted by Crippen LogP contribution is 2.12. The lowest BCUT2D eigenvalue weighted by atomic mass is 10.2. The van der Waals surface area contributed by atoms with Crippen molar-refractivity contribution < 1.29 is 4.79 Å². The average Bonchev–Trinajstić information content (AvgIpc) is 2.72. The summed E-state index contributed by atoms with van der Waals surface area (Å²) < 4.78 is 1.10. The summed E-state index contributed by atoms with van der Waals surface area (Å²) in [5.41, 5.74) is -0.747. The van der Waals surface area contributed by atoms with E-state index in [1.165, 1.54) is 0 Å². The van der Waals surface area contributed by atoms with Gasteiger partial charge in [-0.2, -0.15) is 0 Å². The summed E-state index contributed by atoms with van der Waals surface area (Å²) in [5, 5.41) is 3.15. The minimum absolute atomic E-state index is 0.178. The smallest absolute Gasteiger partial charge is 0.273 e. The van der Waals surface area contributed by atoms with Crippen LogP contribution < -0.4 is 16.0 Å². The van der Waals surface area contributed by atoms with Crippen molar-refractivity contribution in [3.63, 3.8) is 0 Å². The third kappa shape index (κ3) is 3.33. The molecule has 2 aromatic heterocycles. The molecule has 0 saturated carbocycles. The number of nitrogens with zero attached hydrogens (tertiary/aromatic N) is 4. The predicted molar refractivity (Wildman–Crippen MR) is 102 cm³/mol. The second-order valence-corrected chi connectivity index (χ2v) is 6.43. The quantitative estimate of drug-likeness (QED) is 0.727. The number of hydrogen-bond acceptors (Lipinski definition) is 5. The number of aromatic amines is 1. The number of fused-ring (bicyclic) bond motifs is 1. The standard InChI is InChI=1S/C19H19N5O3/c25-17(23-11-9-22(10-12-23)16-7-3-4-8-20-16)13-24-19(27)15-6-2-1-5-14(15)18(26)21-24/h1-8H,9-13H2,(H,21,26). The molecule has 0 unspecified atom stereocenters. The first-order chi connectivity index (χ1) is 13.1. The summed E-state index contributed by atoms with van der Waals surface area (Å²) >= 11 is 0. The van der Waals surface area contributed by atoms with Crippen molar-refractivity contribution in [2.45, 2.75) is 6.54 Å². The first-order valence-electron chi connectivity index (χ1n) is 8.79. The molecule has 8 heteroatoms. The minimum atomic E-state index is -0.377. The lowest BCUT2D eigenvalue weighted by molar-refractivity contribution is -0.132. The number of H-pyrrole nitrogens is 1. The van der Waals surface area contributed by atoms with Crippen molar-refractivity contribution in [1.82, 2.24) is 19.7 Å². The van der Waals surface area contributed by atoms with Gasteiger partial charge in [0.15, 0.2) is 0 Å². The number of aromatic nitrogens is 3. The lowest BCUT2D eigenvalue weighted by Gasteiger charge is -2.35. The third-order valence-corrected chi connectivity index (χ3v) is 4.78. The van der Waals surface area contributed by atoms with Crippen molar-refractivity contribution in [1.29, 1.82) is 0 Å². The molecule has 3 aromatic rings. The zero-order valence-corrected chi connectivity index (χ0v) is 14.7. The molecule has 27 heavy (non-hydrogen) atoms. The molecule has 0 radical (unpaired) electrons. The van der Waals surface area contributed by atoms with Crippen LogP contribution in [0.3, 0.4) is 0 Å². The third-order valence-electron chi connectivity index (χ3n) is 4.78. The summed E-state index contributed by atoms with van der Waals surface area (Å²) in [7, 11) is 0. The van der Waals surface area contributed by atoms with E-state index in [0.717, 1.165) is 10.5 Å². The van der Waals surface area contributed by atoms with Crippen molar-refractivity contribution in [3.05, 3.63) is 69.4 Å². The van der Waals surface area contributed by atoms with Gasteiger partial charge >= 0.3 is 0 Å². The molecule has 4 rings (SSSR count). The molecule has 0 bridgehead atoms. The topological polar surface area (TPSA) is 91.3 Å². The molecule has 1 N–H and O–H groups in total. The van der Waals surface area contributed by atoms with Gasteiger partial charge in [-0.05, 0) is 24.3 Å². The number of hydrogen-bond donors (Lipinski definition) is 1. The largest absolute Gasteiger partial charge is 0.353 e. The fourth-order valence-electron chi connectivity index (χ4n) is 3.32. The van der Waals surface area contributed by atoms with Crippen LogP contribution in [0.15, 0.2) is 58.3 Å². The molecule has 1 fully saturated rings. The fourth-order valence-corrected chi connectivity index (χ4v) is 3.32. The Hall–Kier alpha value is -3.42. The van der Waals surface area contributed by atoms with E-state index in [-0.39, 0.29) is 23.6 Å². The number of piperazine rings is 1. The van der Waals surface area contributed by atoms with E-state index in [4.69, 9.17) is 0 Å². The number of nitrogens with one attached hydrogen (secondary N) is 1. The van der Waals surface area contributed by atoms with Crippen LogP contribution >= 0.6 is 0 Å². The van der Waals surface area contributed by atoms with E-state index in [0.29, 0.717) is 37.0 Å². The van der Waals surface area contributed by atoms with Gasteiger partial charge in [0.05, 0.1) is 10.8 Å². The van der Waals surface area contributed by atoms with Crippen molar-refractivity contribution in [2.24, 2.45) is 0 Å². The Kier molecular flexibility index (Phi) is 4.45. The number of amides is 1. The average molecular weight is 365 g/mol. The Morgan fingerprint density at radius 3 is 2.37 bits per heavy atom.